The fourth-order valence-electron chi connectivity index (χ4n) is 3.36. The van der Waals surface area contributed by atoms with Crippen molar-refractivity contribution in [3.8, 4) is 0 Å². The summed E-state index contributed by atoms with van der Waals surface area (Å²) in [5.41, 5.74) is 2.51. The van der Waals surface area contributed by atoms with Gasteiger partial charge in [0.25, 0.3) is 5.82 Å². The van der Waals surface area contributed by atoms with Crippen molar-refractivity contribution in [2.45, 2.75) is 25.7 Å². The zero-order chi connectivity index (χ0) is 17.6. The van der Waals surface area contributed by atoms with E-state index in [4.69, 9.17) is 9.15 Å². The maximum atomic E-state index is 11.7. The second-order valence-corrected chi connectivity index (χ2v) is 6.65. The van der Waals surface area contributed by atoms with E-state index in [1.807, 2.05) is 13.1 Å². The topological polar surface area (TPSA) is 85.8 Å². The smallest absolute Gasteiger partial charge is 0.377 e. The second-order valence-electron chi connectivity index (χ2n) is 6.65. The first-order valence-electron chi connectivity index (χ1n) is 8.10. The molecule has 1 fully saturated rings. The number of pyridine rings is 1. The van der Waals surface area contributed by atoms with Gasteiger partial charge < -0.3 is 14.1 Å². The third-order valence-corrected chi connectivity index (χ3v) is 4.76. The average molecular weight is 341 g/mol. The molecule has 1 aliphatic heterocycles. The van der Waals surface area contributed by atoms with Gasteiger partial charge in [-0.3, -0.25) is 0 Å². The summed E-state index contributed by atoms with van der Waals surface area (Å²) in [5.74, 6) is 0.289. The molecule has 130 valence electrons. The molecule has 0 spiro atoms. The molecular formula is C17H19N5O3. The molecule has 4 heterocycles. The lowest BCUT2D eigenvalue weighted by atomic mass is 9.90. The van der Waals surface area contributed by atoms with Crippen molar-refractivity contribution in [3.63, 3.8) is 0 Å². The van der Waals surface area contributed by atoms with Gasteiger partial charge in [0, 0.05) is 13.1 Å². The lowest BCUT2D eigenvalue weighted by molar-refractivity contribution is 0.0587. The van der Waals surface area contributed by atoms with Crippen LogP contribution in [0.4, 0.5) is 5.69 Å². The van der Waals surface area contributed by atoms with Crippen LogP contribution in [0.3, 0.4) is 0 Å². The maximum absolute atomic E-state index is 11.7. The van der Waals surface area contributed by atoms with Crippen LogP contribution < -0.4 is 4.90 Å². The highest BCUT2D eigenvalue weighted by Gasteiger charge is 2.39. The summed E-state index contributed by atoms with van der Waals surface area (Å²) in [5, 5.41) is 4.24. The number of carbonyl (C=O) groups excluding carboxylic acids is 1. The molecule has 0 N–H and O–H groups in total. The summed E-state index contributed by atoms with van der Waals surface area (Å²) in [6.45, 7) is 5.81. The van der Waals surface area contributed by atoms with E-state index in [-0.39, 0.29) is 11.2 Å². The first kappa shape index (κ1) is 15.6. The van der Waals surface area contributed by atoms with Crippen LogP contribution in [0.15, 0.2) is 29.1 Å². The molecule has 25 heavy (non-hydrogen) atoms. The molecule has 0 amide bonds. The highest BCUT2D eigenvalue weighted by atomic mass is 16.5. The Morgan fingerprint density at radius 2 is 2.28 bits per heavy atom. The van der Waals surface area contributed by atoms with Crippen molar-refractivity contribution in [1.82, 2.24) is 19.6 Å². The fraction of sp³-hybridized carbons (Fsp3) is 0.412. The average Bonchev–Trinajstić information content (AvgIpc) is 3.33. The van der Waals surface area contributed by atoms with E-state index in [2.05, 4.69) is 33.0 Å². The minimum Gasteiger partial charge on any atom is -0.463 e. The van der Waals surface area contributed by atoms with Crippen LogP contribution in [0, 0.1) is 6.92 Å². The molecule has 0 saturated carbocycles. The molecule has 1 atom stereocenters. The Morgan fingerprint density at radius 3 is 3.00 bits per heavy atom. The number of aryl methyl sites for hydroxylation is 1. The molecule has 3 aromatic heterocycles. The largest absolute Gasteiger partial charge is 0.463 e. The summed E-state index contributed by atoms with van der Waals surface area (Å²) in [6, 6.07) is 2.06. The highest BCUT2D eigenvalue weighted by molar-refractivity contribution is 5.85. The van der Waals surface area contributed by atoms with Crippen molar-refractivity contribution >= 4 is 17.3 Å². The van der Waals surface area contributed by atoms with Crippen LogP contribution in [0.1, 0.15) is 35.4 Å². The van der Waals surface area contributed by atoms with Crippen molar-refractivity contribution in [1.29, 1.82) is 0 Å². The molecule has 4 rings (SSSR count). The highest BCUT2D eigenvalue weighted by Crippen LogP contribution is 2.36. The molecule has 1 saturated heterocycles. The molecule has 0 aromatic carbocycles. The molecule has 0 bridgehead atoms. The Hall–Kier alpha value is -2.90. The molecule has 0 aliphatic carbocycles. The standard InChI is InChI=1S/C17H19N5O3/c1-11-8-12(9-22-14(11)19-13(20-22)15(23)24-3)21-6-4-17(2,10-21)16-18-5-7-25-16/h5,7-9H,4,6,10H2,1-3H3. The van der Waals surface area contributed by atoms with Gasteiger partial charge in [-0.1, -0.05) is 0 Å². The maximum Gasteiger partial charge on any atom is 0.377 e. The Labute approximate surface area is 144 Å². The number of methoxy groups -OCH3 is 1. The number of anilines is 1. The van der Waals surface area contributed by atoms with Gasteiger partial charge in [0.1, 0.15) is 6.26 Å². The van der Waals surface area contributed by atoms with Crippen LogP contribution in [-0.4, -0.2) is 45.8 Å². The number of hydrogen-bond donors (Lipinski definition) is 0. The first-order chi connectivity index (χ1) is 12.0. The Morgan fingerprint density at radius 1 is 1.44 bits per heavy atom. The van der Waals surface area contributed by atoms with Crippen LogP contribution in [0.2, 0.25) is 0 Å². The zero-order valence-corrected chi connectivity index (χ0v) is 14.4. The van der Waals surface area contributed by atoms with Crippen molar-refractivity contribution in [2.24, 2.45) is 0 Å². The number of hydrogen-bond acceptors (Lipinski definition) is 7. The lowest BCUT2D eigenvalue weighted by Gasteiger charge is -2.23. The van der Waals surface area contributed by atoms with Gasteiger partial charge in [-0.25, -0.2) is 19.3 Å². The van der Waals surface area contributed by atoms with Crippen LogP contribution in [0.25, 0.3) is 5.65 Å². The van der Waals surface area contributed by atoms with E-state index in [9.17, 15) is 4.79 Å². The molecule has 0 radical (unpaired) electrons. The SMILES string of the molecule is COC(=O)c1nc2c(C)cc(N3CCC(C)(c4ncco4)C3)cn2n1. The van der Waals surface area contributed by atoms with Gasteiger partial charge in [-0.15, -0.1) is 5.10 Å². The number of carbonyl (C=O) groups is 1. The van der Waals surface area contributed by atoms with E-state index in [0.29, 0.717) is 5.65 Å². The zero-order valence-electron chi connectivity index (χ0n) is 14.4. The van der Waals surface area contributed by atoms with Gasteiger partial charge in [0.15, 0.2) is 5.65 Å². The third-order valence-electron chi connectivity index (χ3n) is 4.76. The van der Waals surface area contributed by atoms with Crippen molar-refractivity contribution in [3.05, 3.63) is 42.0 Å². The monoisotopic (exact) mass is 341 g/mol. The number of rotatable bonds is 3. The number of fused-ring (bicyclic) bond motifs is 1. The summed E-state index contributed by atoms with van der Waals surface area (Å²) < 4.78 is 11.9. The Balaban J connectivity index is 1.67. The number of oxazole rings is 1. The predicted octanol–water partition coefficient (Wildman–Crippen LogP) is 1.98. The summed E-state index contributed by atoms with van der Waals surface area (Å²) >= 11 is 0. The Bertz CT molecular complexity index is 933. The molecule has 1 aliphatic rings. The molecule has 8 nitrogen and oxygen atoms in total. The minimum absolute atomic E-state index is 0.0637. The first-order valence-corrected chi connectivity index (χ1v) is 8.10. The predicted molar refractivity (Wildman–Crippen MR) is 89.7 cm³/mol. The molecule has 8 heteroatoms. The normalized spacial score (nSPS) is 20.4. The number of ether oxygens (including phenoxy) is 1. The van der Waals surface area contributed by atoms with Gasteiger partial charge in [0.05, 0.1) is 30.6 Å². The van der Waals surface area contributed by atoms with Gasteiger partial charge in [-0.05, 0) is 31.9 Å². The van der Waals surface area contributed by atoms with Crippen LogP contribution >= 0.6 is 0 Å². The number of aromatic nitrogens is 4. The fourth-order valence-corrected chi connectivity index (χ4v) is 3.36. The number of nitrogens with zero attached hydrogens (tertiary/aromatic N) is 5. The van der Waals surface area contributed by atoms with E-state index < -0.39 is 5.97 Å². The molecular weight excluding hydrogens is 322 g/mol. The minimum atomic E-state index is -0.540. The van der Waals surface area contributed by atoms with Gasteiger partial charge in [-0.2, -0.15) is 0 Å². The molecule has 3 aromatic rings. The van der Waals surface area contributed by atoms with Gasteiger partial charge >= 0.3 is 5.97 Å². The quantitative estimate of drug-likeness (QED) is 0.673. The van der Waals surface area contributed by atoms with E-state index in [1.165, 1.54) is 7.11 Å². The lowest BCUT2D eigenvalue weighted by Crippen LogP contribution is -2.28. The van der Waals surface area contributed by atoms with Gasteiger partial charge in [0.2, 0.25) is 5.89 Å². The van der Waals surface area contributed by atoms with E-state index in [1.54, 1.807) is 17.0 Å². The third kappa shape index (κ3) is 2.54. The Kier molecular flexibility index (Phi) is 3.48. The number of esters is 1. The van der Waals surface area contributed by atoms with E-state index in [0.717, 1.165) is 36.7 Å². The summed E-state index contributed by atoms with van der Waals surface area (Å²) in [6.07, 6.45) is 6.14. The van der Waals surface area contributed by atoms with E-state index >= 15 is 0 Å². The van der Waals surface area contributed by atoms with Crippen molar-refractivity contribution < 1.29 is 13.9 Å². The summed E-state index contributed by atoms with van der Waals surface area (Å²) in [7, 11) is 1.32. The van der Waals surface area contributed by atoms with Crippen LogP contribution in [-0.2, 0) is 10.2 Å². The molecule has 1 unspecified atom stereocenters. The van der Waals surface area contributed by atoms with Crippen molar-refractivity contribution in [2.75, 3.05) is 25.1 Å². The second kappa shape index (κ2) is 5.58. The van der Waals surface area contributed by atoms with Crippen LogP contribution in [0.5, 0.6) is 0 Å². The summed E-state index contributed by atoms with van der Waals surface area (Å²) in [4.78, 5) is 22.5.